The lowest BCUT2D eigenvalue weighted by Crippen LogP contribution is -2.35. The molecule has 0 radical (unpaired) electrons. The van der Waals surface area contributed by atoms with Gasteiger partial charge in [0.05, 0.1) is 41.8 Å². The molecule has 2 atom stereocenters. The van der Waals surface area contributed by atoms with Crippen LogP contribution in [0.3, 0.4) is 0 Å². The number of hydrogen-bond donors (Lipinski definition) is 4. The summed E-state index contributed by atoms with van der Waals surface area (Å²) in [5.74, 6) is 0.395. The molecule has 4 aromatic rings. The number of halogens is 3. The zero-order valence-corrected chi connectivity index (χ0v) is 27.3. The lowest BCUT2D eigenvalue weighted by atomic mass is 9.99. The Morgan fingerprint density at radius 1 is 1.04 bits per heavy atom. The lowest BCUT2D eigenvalue weighted by Gasteiger charge is -2.16. The molecule has 1 saturated heterocycles. The van der Waals surface area contributed by atoms with Gasteiger partial charge in [0.1, 0.15) is 11.6 Å². The number of carbonyl (C=O) groups excluding carboxylic acids is 1. The minimum atomic E-state index is -0.567. The summed E-state index contributed by atoms with van der Waals surface area (Å²) in [7, 11) is 3.04. The number of carbonyl (C=O) groups is 1. The van der Waals surface area contributed by atoms with Gasteiger partial charge in [0.25, 0.3) is 0 Å². The Kier molecular flexibility index (Phi) is 11.1. The van der Waals surface area contributed by atoms with Crippen LogP contribution in [0.5, 0.6) is 11.6 Å². The number of methoxy groups -OCH3 is 2. The first-order chi connectivity index (χ1) is 22.2. The fraction of sp³-hybridized carbons (Fsp3) is 0.324. The molecule has 2 aromatic heterocycles. The quantitative estimate of drug-likeness (QED) is 0.142. The average Bonchev–Trinajstić information content (AvgIpc) is 3.46. The number of amides is 1. The molecule has 0 bridgehead atoms. The second-order valence-electron chi connectivity index (χ2n) is 11.1. The van der Waals surface area contributed by atoms with Gasteiger partial charge in [-0.25, -0.2) is 9.37 Å². The molecule has 2 aromatic carbocycles. The van der Waals surface area contributed by atoms with E-state index in [0.717, 1.165) is 12.0 Å². The molecular weight excluding hydrogens is 632 g/mol. The van der Waals surface area contributed by atoms with Crippen LogP contribution < -0.4 is 25.4 Å². The van der Waals surface area contributed by atoms with Gasteiger partial charge >= 0.3 is 0 Å². The van der Waals surface area contributed by atoms with E-state index in [-0.39, 0.29) is 18.5 Å². The van der Waals surface area contributed by atoms with Crippen molar-refractivity contribution < 1.29 is 23.8 Å². The van der Waals surface area contributed by atoms with Crippen molar-refractivity contribution in [3.63, 3.8) is 0 Å². The molecular formula is C34H36Cl2FN5O4. The summed E-state index contributed by atoms with van der Waals surface area (Å²) in [6.45, 7) is 3.32. The van der Waals surface area contributed by atoms with E-state index in [0.29, 0.717) is 86.9 Å². The van der Waals surface area contributed by atoms with E-state index < -0.39 is 11.9 Å². The number of ether oxygens (including phenoxy) is 2. The van der Waals surface area contributed by atoms with Gasteiger partial charge in [-0.15, -0.1) is 0 Å². The van der Waals surface area contributed by atoms with Crippen molar-refractivity contribution in [2.45, 2.75) is 45.0 Å². The van der Waals surface area contributed by atoms with Gasteiger partial charge in [-0.1, -0.05) is 47.5 Å². The Morgan fingerprint density at radius 2 is 1.83 bits per heavy atom. The average molecular weight is 669 g/mol. The molecule has 1 amide bonds. The van der Waals surface area contributed by atoms with Gasteiger partial charge in [0.2, 0.25) is 11.8 Å². The van der Waals surface area contributed by atoms with Crippen molar-refractivity contribution >= 4 is 29.1 Å². The highest BCUT2D eigenvalue weighted by Gasteiger charge is 2.22. The predicted octanol–water partition coefficient (Wildman–Crippen LogP) is 5.78. The number of aliphatic hydroxyl groups excluding tert-OH is 1. The fourth-order valence-electron chi connectivity index (χ4n) is 5.44. The van der Waals surface area contributed by atoms with Crippen molar-refractivity contribution in [1.29, 1.82) is 0 Å². The second kappa shape index (κ2) is 15.2. The van der Waals surface area contributed by atoms with E-state index in [1.807, 2.05) is 30.3 Å². The molecule has 9 nitrogen and oxygen atoms in total. The van der Waals surface area contributed by atoms with Crippen LogP contribution in [-0.2, 0) is 17.9 Å². The monoisotopic (exact) mass is 667 g/mol. The maximum atomic E-state index is 15.3. The molecule has 1 fully saturated rings. The van der Waals surface area contributed by atoms with E-state index >= 15 is 4.39 Å². The predicted molar refractivity (Wildman–Crippen MR) is 178 cm³/mol. The third-order valence-corrected chi connectivity index (χ3v) is 8.56. The number of nitrogens with one attached hydrogen (secondary N) is 3. The maximum Gasteiger partial charge on any atom is 0.220 e. The van der Waals surface area contributed by atoms with Crippen molar-refractivity contribution in [2.75, 3.05) is 27.3 Å². The molecule has 46 heavy (non-hydrogen) atoms. The van der Waals surface area contributed by atoms with Crippen molar-refractivity contribution in [3.05, 3.63) is 81.7 Å². The van der Waals surface area contributed by atoms with Crippen LogP contribution in [0.15, 0.2) is 54.7 Å². The van der Waals surface area contributed by atoms with Crippen LogP contribution in [0.25, 0.3) is 33.6 Å². The molecule has 12 heteroatoms. The highest BCUT2D eigenvalue weighted by molar-refractivity contribution is 6.39. The van der Waals surface area contributed by atoms with E-state index in [9.17, 15) is 9.90 Å². The highest BCUT2D eigenvalue weighted by atomic mass is 35.5. The summed E-state index contributed by atoms with van der Waals surface area (Å²) in [4.78, 5) is 20.7. The molecule has 0 unspecified atom stereocenters. The Hall–Kier alpha value is -3.80. The Morgan fingerprint density at radius 3 is 2.54 bits per heavy atom. The number of rotatable bonds is 13. The molecule has 1 aliphatic rings. The normalized spacial score (nSPS) is 15.1. The van der Waals surface area contributed by atoms with E-state index in [4.69, 9.17) is 37.7 Å². The third kappa shape index (κ3) is 7.59. The van der Waals surface area contributed by atoms with Crippen molar-refractivity contribution in [1.82, 2.24) is 25.9 Å². The minimum absolute atomic E-state index is 0.0836. The molecule has 242 valence electrons. The van der Waals surface area contributed by atoms with Crippen LogP contribution >= 0.6 is 23.2 Å². The van der Waals surface area contributed by atoms with Gasteiger partial charge in [-0.05, 0) is 37.6 Å². The zero-order valence-electron chi connectivity index (χ0n) is 25.8. The van der Waals surface area contributed by atoms with E-state index in [1.54, 1.807) is 32.4 Å². The first-order valence-corrected chi connectivity index (χ1v) is 15.7. The third-order valence-electron chi connectivity index (χ3n) is 7.77. The molecule has 0 aliphatic carbocycles. The Labute approximate surface area is 277 Å². The smallest absolute Gasteiger partial charge is 0.220 e. The van der Waals surface area contributed by atoms with Gasteiger partial charge in [0, 0.05) is 78.2 Å². The fourth-order valence-corrected chi connectivity index (χ4v) is 6.09. The van der Waals surface area contributed by atoms with Crippen molar-refractivity contribution in [3.8, 4) is 45.3 Å². The van der Waals surface area contributed by atoms with Gasteiger partial charge in [0.15, 0.2) is 0 Å². The molecule has 0 spiro atoms. The summed E-state index contributed by atoms with van der Waals surface area (Å²) < 4.78 is 26.4. The summed E-state index contributed by atoms with van der Waals surface area (Å²) >= 11 is 13.9. The molecule has 0 saturated carbocycles. The topological polar surface area (TPSA) is 118 Å². The first kappa shape index (κ1) is 33.6. The largest absolute Gasteiger partial charge is 0.496 e. The van der Waals surface area contributed by atoms with E-state index in [1.165, 1.54) is 13.2 Å². The summed E-state index contributed by atoms with van der Waals surface area (Å²) in [5, 5.41) is 19.6. The molecule has 4 N–H and O–H groups in total. The summed E-state index contributed by atoms with van der Waals surface area (Å²) in [6, 6.07) is 14.3. The number of aromatic nitrogens is 2. The standard InChI is InChI=1S/C34H36Cl2FN5O4/c1-19(43)15-38-18-26-27(37)13-21(14-29(26)45-2)33-32(36)24(11-12-40-33)23-5-4-6-25(31(23)35)28-9-7-20(34(42-28)46-3)16-39-17-22-8-10-30(44)41-22/h4-7,9,11-14,19,22,38-39,43H,8,10,15-18H2,1-3H3,(H,41,44)/t19-,22-/m1/s1. The second-order valence-corrected chi connectivity index (χ2v) is 11.9. The first-order valence-electron chi connectivity index (χ1n) is 14.9. The lowest BCUT2D eigenvalue weighted by molar-refractivity contribution is -0.119. The SMILES string of the molecule is COc1cc(-c2nccc(-c3cccc(-c4ccc(CNC[C@H]5CCC(=O)N5)c(OC)n4)c3Cl)c2Cl)cc(F)c1CNC[C@@H](C)O. The number of nitrogens with zero attached hydrogens (tertiary/aromatic N) is 2. The number of pyridine rings is 2. The number of benzene rings is 2. The Bertz CT molecular complexity index is 1720. The van der Waals surface area contributed by atoms with Crippen LogP contribution in [-0.4, -0.2) is 60.4 Å². The van der Waals surface area contributed by atoms with Crippen LogP contribution in [0, 0.1) is 5.82 Å². The zero-order chi connectivity index (χ0) is 32.8. The maximum absolute atomic E-state index is 15.3. The van der Waals surface area contributed by atoms with Gasteiger partial charge in [-0.2, -0.15) is 0 Å². The molecule has 1 aliphatic heterocycles. The van der Waals surface area contributed by atoms with Crippen LogP contribution in [0.4, 0.5) is 4.39 Å². The molecule has 3 heterocycles. The molecule has 5 rings (SSSR count). The Balaban J connectivity index is 1.41. The highest BCUT2D eigenvalue weighted by Crippen LogP contribution is 2.42. The van der Waals surface area contributed by atoms with Gasteiger partial charge < -0.3 is 30.5 Å². The minimum Gasteiger partial charge on any atom is -0.496 e. The van der Waals surface area contributed by atoms with E-state index in [2.05, 4.69) is 20.9 Å². The van der Waals surface area contributed by atoms with Crippen molar-refractivity contribution in [2.24, 2.45) is 0 Å². The van der Waals surface area contributed by atoms with Crippen LogP contribution in [0.2, 0.25) is 10.0 Å². The van der Waals surface area contributed by atoms with Crippen LogP contribution in [0.1, 0.15) is 30.9 Å². The summed E-state index contributed by atoms with van der Waals surface area (Å²) in [6.07, 6.45) is 2.41. The number of aliphatic hydroxyl groups is 1. The summed E-state index contributed by atoms with van der Waals surface area (Å²) in [5.41, 5.74) is 4.60. The van der Waals surface area contributed by atoms with Gasteiger partial charge in [-0.3, -0.25) is 9.78 Å². The number of hydrogen-bond acceptors (Lipinski definition) is 8.